The smallest absolute Gasteiger partial charge is 0.0461 e. The maximum absolute atomic E-state index is 4.24. The van der Waals surface area contributed by atoms with Crippen LogP contribution in [0.5, 0.6) is 0 Å². The first-order valence-corrected chi connectivity index (χ1v) is 10.0. The van der Waals surface area contributed by atoms with Gasteiger partial charge in [0.15, 0.2) is 0 Å². The molecule has 1 aliphatic rings. The molecule has 140 valence electrons. The van der Waals surface area contributed by atoms with E-state index in [0.29, 0.717) is 0 Å². The molecule has 0 saturated carbocycles. The number of anilines is 2. The topological polar surface area (TPSA) is 3.24 Å². The van der Waals surface area contributed by atoms with Crippen molar-refractivity contribution in [2.24, 2.45) is 0 Å². The number of rotatable bonds is 5. The molecule has 1 nitrogen and oxygen atoms in total. The molecule has 3 aromatic rings. The number of para-hydroxylation sites is 1. The summed E-state index contributed by atoms with van der Waals surface area (Å²) in [6.45, 7) is 10.8. The van der Waals surface area contributed by atoms with E-state index in [-0.39, 0.29) is 5.41 Å². The van der Waals surface area contributed by atoms with E-state index in [9.17, 15) is 0 Å². The molecule has 1 unspecified atom stereocenters. The highest BCUT2D eigenvalue weighted by molar-refractivity contribution is 5.85. The van der Waals surface area contributed by atoms with E-state index in [4.69, 9.17) is 0 Å². The number of hydrogen-bond acceptors (Lipinski definition) is 1. The predicted molar refractivity (Wildman–Crippen MR) is 121 cm³/mol. The summed E-state index contributed by atoms with van der Waals surface area (Å²) in [4.78, 5) is 2.33. The Morgan fingerprint density at radius 3 is 2.25 bits per heavy atom. The van der Waals surface area contributed by atoms with Crippen LogP contribution >= 0.6 is 0 Å². The molecule has 0 fully saturated rings. The molecule has 1 atom stereocenters. The van der Waals surface area contributed by atoms with E-state index in [2.05, 4.69) is 117 Å². The van der Waals surface area contributed by atoms with Gasteiger partial charge in [0, 0.05) is 22.5 Å². The second kappa shape index (κ2) is 7.16. The highest BCUT2D eigenvalue weighted by Gasteiger charge is 2.39. The van der Waals surface area contributed by atoms with Gasteiger partial charge in [0.1, 0.15) is 0 Å². The molecular weight excluding hydrogens is 338 g/mol. The van der Waals surface area contributed by atoms with Gasteiger partial charge < -0.3 is 4.90 Å². The van der Waals surface area contributed by atoms with Crippen molar-refractivity contribution in [3.05, 3.63) is 108 Å². The van der Waals surface area contributed by atoms with Gasteiger partial charge in [-0.15, -0.1) is 6.58 Å². The van der Waals surface area contributed by atoms with Crippen molar-refractivity contribution in [2.45, 2.75) is 32.6 Å². The van der Waals surface area contributed by atoms with Crippen LogP contribution in [0.2, 0.25) is 0 Å². The summed E-state index contributed by atoms with van der Waals surface area (Å²) in [5.74, 6) is 0. The van der Waals surface area contributed by atoms with Gasteiger partial charge in [-0.1, -0.05) is 67.6 Å². The highest BCUT2D eigenvalue weighted by atomic mass is 15.1. The van der Waals surface area contributed by atoms with Crippen molar-refractivity contribution >= 4 is 11.4 Å². The third-order valence-electron chi connectivity index (χ3n) is 6.13. The first-order valence-electron chi connectivity index (χ1n) is 10.0. The van der Waals surface area contributed by atoms with Gasteiger partial charge in [0.25, 0.3) is 0 Å². The van der Waals surface area contributed by atoms with Crippen molar-refractivity contribution < 1.29 is 0 Å². The Kier molecular flexibility index (Phi) is 4.68. The minimum Gasteiger partial charge on any atom is -0.315 e. The van der Waals surface area contributed by atoms with Gasteiger partial charge in [-0.25, -0.2) is 0 Å². The van der Waals surface area contributed by atoms with Crippen molar-refractivity contribution in [1.29, 1.82) is 0 Å². The minimum absolute atomic E-state index is 0.131. The maximum atomic E-state index is 4.24. The third kappa shape index (κ3) is 2.62. The Morgan fingerprint density at radius 1 is 0.893 bits per heavy atom. The molecule has 0 spiro atoms. The van der Waals surface area contributed by atoms with Gasteiger partial charge in [-0.2, -0.15) is 0 Å². The lowest BCUT2D eigenvalue weighted by Gasteiger charge is -2.30. The van der Waals surface area contributed by atoms with Crippen LogP contribution in [-0.2, 0) is 5.41 Å². The lowest BCUT2D eigenvalue weighted by atomic mass is 9.76. The zero-order valence-electron chi connectivity index (χ0n) is 16.9. The minimum atomic E-state index is -0.131. The van der Waals surface area contributed by atoms with Gasteiger partial charge in [0.05, 0.1) is 0 Å². The zero-order chi connectivity index (χ0) is 19.7. The number of fused-ring (bicyclic) bond motifs is 3. The van der Waals surface area contributed by atoms with Crippen molar-refractivity contribution in [1.82, 2.24) is 0 Å². The molecule has 0 radical (unpaired) electrons. The Bertz CT molecular complexity index is 1040. The van der Waals surface area contributed by atoms with Crippen LogP contribution in [0.25, 0.3) is 11.1 Å². The molecule has 3 aromatic carbocycles. The molecule has 0 saturated heterocycles. The SMILES string of the molecule is C=CC1(CC)c2ccccc2-c2ccc(N(/C(C)=C/C)c3ccccc3)cc21. The molecule has 1 aliphatic carbocycles. The average molecular weight is 366 g/mol. The van der Waals surface area contributed by atoms with E-state index >= 15 is 0 Å². The van der Waals surface area contributed by atoms with Crippen molar-refractivity contribution in [2.75, 3.05) is 4.90 Å². The van der Waals surface area contributed by atoms with Crippen molar-refractivity contribution in [3.63, 3.8) is 0 Å². The number of benzene rings is 3. The summed E-state index contributed by atoms with van der Waals surface area (Å²) in [6.07, 6.45) is 5.30. The Hall–Kier alpha value is -3.06. The van der Waals surface area contributed by atoms with Gasteiger partial charge in [-0.3, -0.25) is 0 Å². The molecule has 1 heteroatoms. The molecule has 0 aromatic heterocycles. The Morgan fingerprint density at radius 2 is 1.57 bits per heavy atom. The van der Waals surface area contributed by atoms with Crippen LogP contribution in [0.4, 0.5) is 11.4 Å². The van der Waals surface area contributed by atoms with Crippen LogP contribution in [0, 0.1) is 0 Å². The molecule has 0 aliphatic heterocycles. The first-order chi connectivity index (χ1) is 13.7. The molecule has 4 rings (SSSR count). The number of nitrogens with zero attached hydrogens (tertiary/aromatic N) is 1. The lowest BCUT2D eigenvalue weighted by molar-refractivity contribution is 0.635. The summed E-state index contributed by atoms with van der Waals surface area (Å²) in [5, 5.41) is 0. The van der Waals surface area contributed by atoms with Crippen LogP contribution < -0.4 is 4.90 Å². The molecule has 0 bridgehead atoms. The molecular formula is C27H27N. The van der Waals surface area contributed by atoms with Gasteiger partial charge in [-0.05, 0) is 66.8 Å². The van der Waals surface area contributed by atoms with Crippen LogP contribution in [0.15, 0.2) is 97.2 Å². The van der Waals surface area contributed by atoms with Crippen LogP contribution in [0.1, 0.15) is 38.3 Å². The fourth-order valence-corrected chi connectivity index (χ4v) is 4.54. The maximum Gasteiger partial charge on any atom is 0.0461 e. The summed E-state index contributed by atoms with van der Waals surface area (Å²) >= 11 is 0. The first kappa shape index (κ1) is 18.3. The van der Waals surface area contributed by atoms with Crippen molar-refractivity contribution in [3.8, 4) is 11.1 Å². The summed E-state index contributed by atoms with van der Waals surface area (Å²) < 4.78 is 0. The van der Waals surface area contributed by atoms with Gasteiger partial charge in [0.2, 0.25) is 0 Å². The van der Waals surface area contributed by atoms with Gasteiger partial charge >= 0.3 is 0 Å². The second-order valence-corrected chi connectivity index (χ2v) is 7.41. The normalized spacial score (nSPS) is 17.8. The zero-order valence-corrected chi connectivity index (χ0v) is 16.9. The lowest BCUT2D eigenvalue weighted by Crippen LogP contribution is -2.22. The van der Waals surface area contributed by atoms with E-state index in [1.165, 1.54) is 39.3 Å². The largest absolute Gasteiger partial charge is 0.315 e. The second-order valence-electron chi connectivity index (χ2n) is 7.41. The molecule has 0 heterocycles. The summed E-state index contributed by atoms with van der Waals surface area (Å²) in [7, 11) is 0. The van der Waals surface area contributed by atoms with E-state index in [1.54, 1.807) is 0 Å². The van der Waals surface area contributed by atoms with Crippen LogP contribution in [0.3, 0.4) is 0 Å². The fraction of sp³-hybridized carbons (Fsp3) is 0.185. The van der Waals surface area contributed by atoms with Crippen LogP contribution in [-0.4, -0.2) is 0 Å². The van der Waals surface area contributed by atoms with E-state index in [0.717, 1.165) is 6.42 Å². The predicted octanol–water partition coefficient (Wildman–Crippen LogP) is 7.61. The summed E-state index contributed by atoms with van der Waals surface area (Å²) in [6, 6.07) is 26.2. The van der Waals surface area contributed by atoms with E-state index in [1.807, 2.05) is 0 Å². The number of hydrogen-bond donors (Lipinski definition) is 0. The fourth-order valence-electron chi connectivity index (χ4n) is 4.54. The standard InChI is InChI=1S/C27H27N/c1-5-20(4)28(21-13-9-8-10-14-21)22-17-18-24-23-15-11-12-16-25(23)27(6-2,7-3)26(24)19-22/h5-6,8-19H,2,7H2,1,3-4H3/b20-5+. The quantitative estimate of drug-likeness (QED) is 0.420. The number of allylic oxidation sites excluding steroid dienone is 3. The Balaban J connectivity index is 1.94. The molecule has 0 N–H and O–H groups in total. The average Bonchev–Trinajstić information content (AvgIpc) is 3.04. The Labute approximate surface area is 168 Å². The molecule has 28 heavy (non-hydrogen) atoms. The molecule has 0 amide bonds. The third-order valence-corrected chi connectivity index (χ3v) is 6.13. The van der Waals surface area contributed by atoms with E-state index < -0.39 is 0 Å². The highest BCUT2D eigenvalue weighted by Crippen LogP contribution is 2.52. The summed E-state index contributed by atoms with van der Waals surface area (Å²) in [5.41, 5.74) is 8.83. The monoisotopic (exact) mass is 365 g/mol.